The molecule has 3 atom stereocenters. The average Bonchev–Trinajstić information content (AvgIpc) is 2.77. The largest absolute Gasteiger partial charge is 0.508 e. The first-order chi connectivity index (χ1) is 16.7. The van der Waals surface area contributed by atoms with Crippen LogP contribution in [-0.2, 0) is 30.4 Å². The number of carboxylic acids is 3. The first-order valence-corrected chi connectivity index (χ1v) is 10.8. The second-order valence-corrected chi connectivity index (χ2v) is 7.44. The van der Waals surface area contributed by atoms with Crippen molar-refractivity contribution >= 4 is 29.7 Å². The number of phenolic OH excluding ortho intramolecular Hbond substituents is 1. The molecule has 204 valence electrons. The number of hydrogen-bond acceptors (Lipinski definition) is 9. The Balaban J connectivity index is 0. The summed E-state index contributed by atoms with van der Waals surface area (Å²) in [5, 5.41) is 47.0. The van der Waals surface area contributed by atoms with Crippen LogP contribution in [0.3, 0.4) is 0 Å². The van der Waals surface area contributed by atoms with Crippen LogP contribution in [0.5, 0.6) is 5.75 Å². The van der Waals surface area contributed by atoms with Gasteiger partial charge < -0.3 is 47.6 Å². The van der Waals surface area contributed by atoms with E-state index in [0.29, 0.717) is 24.9 Å². The number of benzene rings is 1. The van der Waals surface area contributed by atoms with E-state index in [2.05, 4.69) is 10.6 Å². The van der Waals surface area contributed by atoms with Crippen molar-refractivity contribution in [2.45, 2.75) is 57.7 Å². The maximum atomic E-state index is 12.5. The zero-order chi connectivity index (χ0) is 28.3. The molecule has 14 heteroatoms. The Kier molecular flexibility index (Phi) is 18.7. The van der Waals surface area contributed by atoms with Crippen molar-refractivity contribution in [1.82, 2.24) is 10.6 Å². The van der Waals surface area contributed by atoms with Gasteiger partial charge in [-0.05, 0) is 37.1 Å². The number of carbonyl (C=O) groups is 5. The lowest BCUT2D eigenvalue weighted by atomic mass is 10.0. The number of carbonyl (C=O) groups excluding carboxylic acids is 2. The average molecular weight is 517 g/mol. The van der Waals surface area contributed by atoms with Gasteiger partial charge in [-0.3, -0.25) is 19.2 Å². The number of hydrogen-bond donors (Lipinski definition) is 9. The molecule has 0 spiro atoms. The van der Waals surface area contributed by atoms with Gasteiger partial charge in [0, 0.05) is 20.3 Å². The fourth-order valence-electron chi connectivity index (χ4n) is 2.45. The predicted octanol–water partition coefficient (Wildman–Crippen LogP) is -1.38. The van der Waals surface area contributed by atoms with Crippen LogP contribution < -0.4 is 22.1 Å². The number of nitrogens with two attached hydrogens (primary N) is 2. The molecule has 11 N–H and O–H groups in total. The molecule has 36 heavy (non-hydrogen) atoms. The molecule has 1 aromatic rings. The van der Waals surface area contributed by atoms with E-state index in [9.17, 15) is 19.5 Å². The van der Waals surface area contributed by atoms with Gasteiger partial charge in [-0.15, -0.1) is 0 Å². The monoisotopic (exact) mass is 516 g/mol. The minimum Gasteiger partial charge on any atom is -0.508 e. The zero-order valence-electron chi connectivity index (χ0n) is 20.2. The molecule has 0 fully saturated rings. The molecule has 0 aliphatic heterocycles. The highest BCUT2D eigenvalue weighted by molar-refractivity contribution is 5.92. The molecule has 0 saturated heterocycles. The summed E-state index contributed by atoms with van der Waals surface area (Å²) < 4.78 is 0. The van der Waals surface area contributed by atoms with E-state index in [0.717, 1.165) is 20.3 Å². The van der Waals surface area contributed by atoms with Gasteiger partial charge in [-0.25, -0.2) is 4.79 Å². The van der Waals surface area contributed by atoms with Crippen LogP contribution in [0.2, 0.25) is 0 Å². The third-order valence-corrected chi connectivity index (χ3v) is 4.11. The van der Waals surface area contributed by atoms with Crippen LogP contribution in [0.15, 0.2) is 24.3 Å². The predicted molar refractivity (Wildman–Crippen MR) is 128 cm³/mol. The van der Waals surface area contributed by atoms with Crippen molar-refractivity contribution < 1.29 is 49.5 Å². The molecule has 0 aliphatic carbocycles. The number of amides is 2. The number of aliphatic hydroxyl groups excluding tert-OH is 1. The van der Waals surface area contributed by atoms with Gasteiger partial charge in [0.2, 0.25) is 11.8 Å². The van der Waals surface area contributed by atoms with Crippen LogP contribution in [0.4, 0.5) is 0 Å². The van der Waals surface area contributed by atoms with Crippen molar-refractivity contribution in [2.75, 3.05) is 13.2 Å². The smallest absolute Gasteiger partial charge is 0.328 e. The molecular formula is C22H36N4O10. The summed E-state index contributed by atoms with van der Waals surface area (Å²) in [5.41, 5.74) is 11.9. The number of rotatable bonds is 12. The van der Waals surface area contributed by atoms with Gasteiger partial charge in [0.25, 0.3) is 11.9 Å². The number of aliphatic carboxylic acids is 3. The summed E-state index contributed by atoms with van der Waals surface area (Å²) in [6, 6.07) is 2.57. The SMILES string of the molecule is CC(=O)O.CC(=O)O.NCCCC[C@H](N)C(=O)N[C@@H](Cc1ccc(O)cc1)C(=O)N[C@@H](CO)C(=O)O. The molecule has 0 saturated carbocycles. The molecule has 2 amide bonds. The Bertz CT molecular complexity index is 813. The fourth-order valence-corrected chi connectivity index (χ4v) is 2.45. The van der Waals surface area contributed by atoms with E-state index < -0.39 is 54.5 Å². The molecular weight excluding hydrogens is 480 g/mol. The Hall–Kier alpha value is -3.75. The summed E-state index contributed by atoms with van der Waals surface area (Å²) in [4.78, 5) is 53.9. The Morgan fingerprint density at radius 2 is 1.33 bits per heavy atom. The van der Waals surface area contributed by atoms with Crippen LogP contribution in [0, 0.1) is 0 Å². The van der Waals surface area contributed by atoms with Crippen LogP contribution in [-0.4, -0.2) is 86.5 Å². The number of nitrogens with one attached hydrogen (secondary N) is 2. The fraction of sp³-hybridized carbons (Fsp3) is 0.500. The third-order valence-electron chi connectivity index (χ3n) is 4.11. The normalized spacial score (nSPS) is 12.2. The van der Waals surface area contributed by atoms with Gasteiger partial charge >= 0.3 is 5.97 Å². The van der Waals surface area contributed by atoms with Crippen LogP contribution in [0.1, 0.15) is 38.7 Å². The summed E-state index contributed by atoms with van der Waals surface area (Å²) in [7, 11) is 0. The van der Waals surface area contributed by atoms with Gasteiger partial charge in [0.1, 0.15) is 17.8 Å². The van der Waals surface area contributed by atoms with Gasteiger partial charge in [-0.1, -0.05) is 18.6 Å². The first kappa shape index (κ1) is 34.4. The van der Waals surface area contributed by atoms with E-state index in [1.54, 1.807) is 12.1 Å². The quantitative estimate of drug-likeness (QED) is 0.146. The van der Waals surface area contributed by atoms with Crippen molar-refractivity contribution in [1.29, 1.82) is 0 Å². The molecule has 1 rings (SSSR count). The minimum atomic E-state index is -1.50. The molecule has 0 aliphatic rings. The maximum Gasteiger partial charge on any atom is 0.328 e. The van der Waals surface area contributed by atoms with E-state index in [4.69, 9.17) is 41.5 Å². The molecule has 0 unspecified atom stereocenters. The summed E-state index contributed by atoms with van der Waals surface area (Å²) in [6.45, 7) is 1.86. The van der Waals surface area contributed by atoms with Gasteiger partial charge in [0.05, 0.1) is 12.6 Å². The van der Waals surface area contributed by atoms with E-state index in [1.165, 1.54) is 12.1 Å². The van der Waals surface area contributed by atoms with Crippen LogP contribution >= 0.6 is 0 Å². The lowest BCUT2D eigenvalue weighted by Gasteiger charge is -2.22. The number of aromatic hydroxyl groups is 1. The van der Waals surface area contributed by atoms with E-state index in [1.807, 2.05) is 0 Å². The standard InChI is InChI=1S/C18H28N4O6.2C2H4O2/c19-8-2-1-3-13(20)16(25)21-14(9-11-4-6-12(24)7-5-11)17(26)22-15(10-23)18(27)28;2*1-2(3)4/h4-7,13-15,23-24H,1-3,8-10,19-20H2,(H,21,25)(H,22,26)(H,27,28);2*1H3,(H,3,4)/t13-,14-,15-;;/m0../s1. The molecule has 0 bridgehead atoms. The van der Waals surface area contributed by atoms with Gasteiger partial charge in [-0.2, -0.15) is 0 Å². The molecule has 0 radical (unpaired) electrons. The molecule has 1 aromatic carbocycles. The maximum absolute atomic E-state index is 12.5. The van der Waals surface area contributed by atoms with E-state index >= 15 is 0 Å². The highest BCUT2D eigenvalue weighted by atomic mass is 16.4. The third kappa shape index (κ3) is 18.7. The number of unbranched alkanes of at least 4 members (excludes halogenated alkanes) is 1. The summed E-state index contributed by atoms with van der Waals surface area (Å²) >= 11 is 0. The molecule has 0 aromatic heterocycles. The van der Waals surface area contributed by atoms with Crippen molar-refractivity contribution in [3.8, 4) is 5.75 Å². The summed E-state index contributed by atoms with van der Waals surface area (Å²) in [5.74, 6) is -4.34. The highest BCUT2D eigenvalue weighted by Gasteiger charge is 2.27. The second kappa shape index (κ2) is 19.5. The van der Waals surface area contributed by atoms with Crippen molar-refractivity contribution in [3.05, 3.63) is 29.8 Å². The Morgan fingerprint density at radius 1 is 0.861 bits per heavy atom. The first-order valence-electron chi connectivity index (χ1n) is 10.8. The second-order valence-electron chi connectivity index (χ2n) is 7.44. The number of aliphatic hydroxyl groups is 1. The van der Waals surface area contributed by atoms with Gasteiger partial charge in [0.15, 0.2) is 0 Å². The topological polar surface area (TPSA) is 263 Å². The minimum absolute atomic E-state index is 0.0435. The van der Waals surface area contributed by atoms with Crippen molar-refractivity contribution in [2.24, 2.45) is 11.5 Å². The number of carboxylic acid groups (broad SMARTS) is 3. The zero-order valence-corrected chi connectivity index (χ0v) is 20.2. The van der Waals surface area contributed by atoms with Crippen LogP contribution in [0.25, 0.3) is 0 Å². The summed E-state index contributed by atoms with van der Waals surface area (Å²) in [6.07, 6.45) is 1.82. The number of phenols is 1. The lowest BCUT2D eigenvalue weighted by molar-refractivity contribution is -0.143. The van der Waals surface area contributed by atoms with Crippen molar-refractivity contribution in [3.63, 3.8) is 0 Å². The lowest BCUT2D eigenvalue weighted by Crippen LogP contribution is -2.55. The van der Waals surface area contributed by atoms with E-state index in [-0.39, 0.29) is 12.2 Å². The highest BCUT2D eigenvalue weighted by Crippen LogP contribution is 2.12. The molecule has 14 nitrogen and oxygen atoms in total. The molecule has 0 heterocycles. The Labute approximate surface area is 208 Å². The Morgan fingerprint density at radius 3 is 1.75 bits per heavy atom.